The first-order valence-electron chi connectivity index (χ1n) is 7.41. The first-order chi connectivity index (χ1) is 10.6. The molecule has 0 radical (unpaired) electrons. The van der Waals surface area contributed by atoms with Crippen molar-refractivity contribution in [3.05, 3.63) is 54.1 Å². The van der Waals surface area contributed by atoms with Gasteiger partial charge in [-0.25, -0.2) is 8.42 Å². The number of aromatic nitrogens is 2. The van der Waals surface area contributed by atoms with E-state index >= 15 is 0 Å². The fourth-order valence-corrected chi connectivity index (χ4v) is 4.59. The van der Waals surface area contributed by atoms with Crippen LogP contribution >= 0.6 is 0 Å². The van der Waals surface area contributed by atoms with Gasteiger partial charge in [-0.3, -0.25) is 9.97 Å². The summed E-state index contributed by atoms with van der Waals surface area (Å²) in [5.74, 6) is 0.289. The minimum atomic E-state index is -3.40. The molecule has 0 atom stereocenters. The van der Waals surface area contributed by atoms with E-state index in [1.807, 2.05) is 19.1 Å². The average molecular weight is 317 g/mol. The van der Waals surface area contributed by atoms with Crippen molar-refractivity contribution in [2.75, 3.05) is 13.1 Å². The summed E-state index contributed by atoms with van der Waals surface area (Å²) in [6.45, 7) is 2.88. The van der Waals surface area contributed by atoms with Crippen LogP contribution in [0, 0.1) is 6.92 Å². The lowest BCUT2D eigenvalue weighted by Gasteiger charge is -2.31. The average Bonchev–Trinajstić information content (AvgIpc) is 2.56. The van der Waals surface area contributed by atoms with Gasteiger partial charge in [-0.1, -0.05) is 18.2 Å². The zero-order valence-corrected chi connectivity index (χ0v) is 13.3. The summed E-state index contributed by atoms with van der Waals surface area (Å²) in [5.41, 5.74) is 1.74. The van der Waals surface area contributed by atoms with E-state index in [0.717, 1.165) is 24.1 Å². The summed E-state index contributed by atoms with van der Waals surface area (Å²) in [6, 6.07) is 7.14. The van der Waals surface area contributed by atoms with E-state index in [4.69, 9.17) is 0 Å². The van der Waals surface area contributed by atoms with Gasteiger partial charge >= 0.3 is 0 Å². The highest BCUT2D eigenvalue weighted by atomic mass is 32.2. The number of piperidine rings is 1. The van der Waals surface area contributed by atoms with Crippen LogP contribution in [0.25, 0.3) is 0 Å². The molecule has 3 rings (SSSR count). The molecule has 1 saturated heterocycles. The number of rotatable bonds is 3. The van der Waals surface area contributed by atoms with Gasteiger partial charge in [0.05, 0.1) is 10.6 Å². The fraction of sp³-hybridized carbons (Fsp3) is 0.375. The molecule has 0 saturated carbocycles. The standard InChI is InChI=1S/C16H19N3O2S/c1-13-4-2-3-5-16(13)22(20,21)19-10-6-14(7-11-19)15-12-17-8-9-18-15/h2-5,8-9,12,14H,6-7,10-11H2,1H3. The second-order valence-corrected chi connectivity index (χ2v) is 7.48. The van der Waals surface area contributed by atoms with Gasteiger partial charge in [-0.05, 0) is 31.4 Å². The van der Waals surface area contributed by atoms with Crippen LogP contribution in [0.5, 0.6) is 0 Å². The number of hydrogen-bond acceptors (Lipinski definition) is 4. The highest BCUT2D eigenvalue weighted by Gasteiger charge is 2.31. The van der Waals surface area contributed by atoms with Crippen LogP contribution < -0.4 is 0 Å². The van der Waals surface area contributed by atoms with Gasteiger partial charge in [0.15, 0.2) is 0 Å². The largest absolute Gasteiger partial charge is 0.261 e. The smallest absolute Gasteiger partial charge is 0.243 e. The molecule has 0 aliphatic carbocycles. The van der Waals surface area contributed by atoms with E-state index in [2.05, 4.69) is 9.97 Å². The first kappa shape index (κ1) is 15.1. The van der Waals surface area contributed by atoms with Crippen molar-refractivity contribution in [3.8, 4) is 0 Å². The van der Waals surface area contributed by atoms with Crippen molar-refractivity contribution < 1.29 is 8.42 Å². The van der Waals surface area contributed by atoms with Crippen LogP contribution in [-0.2, 0) is 10.0 Å². The molecule has 1 fully saturated rings. The van der Waals surface area contributed by atoms with Crippen molar-refractivity contribution in [3.63, 3.8) is 0 Å². The monoisotopic (exact) mass is 317 g/mol. The van der Waals surface area contributed by atoms with Crippen LogP contribution in [0.1, 0.15) is 30.0 Å². The van der Waals surface area contributed by atoms with E-state index in [9.17, 15) is 8.42 Å². The highest BCUT2D eigenvalue weighted by molar-refractivity contribution is 7.89. The molecule has 2 aromatic rings. The van der Waals surface area contributed by atoms with Gasteiger partial charge in [0.1, 0.15) is 0 Å². The number of benzene rings is 1. The molecule has 0 N–H and O–H groups in total. The molecule has 1 aliphatic rings. The summed E-state index contributed by atoms with van der Waals surface area (Å²) in [4.78, 5) is 8.83. The van der Waals surface area contributed by atoms with Gasteiger partial charge in [0.25, 0.3) is 0 Å². The van der Waals surface area contributed by atoms with Crippen molar-refractivity contribution in [1.29, 1.82) is 0 Å². The minimum absolute atomic E-state index is 0.289. The van der Waals surface area contributed by atoms with Gasteiger partial charge in [0, 0.05) is 37.6 Å². The van der Waals surface area contributed by atoms with Crippen LogP contribution in [0.15, 0.2) is 47.8 Å². The Bertz CT molecular complexity index is 739. The SMILES string of the molecule is Cc1ccccc1S(=O)(=O)N1CCC(c2cnccn2)CC1. The number of hydrogen-bond donors (Lipinski definition) is 0. The Morgan fingerprint density at radius 1 is 1.14 bits per heavy atom. The molecule has 0 amide bonds. The van der Waals surface area contributed by atoms with Gasteiger partial charge in [0.2, 0.25) is 10.0 Å². The summed E-state index contributed by atoms with van der Waals surface area (Å²) in [5, 5.41) is 0. The molecule has 0 spiro atoms. The molecule has 22 heavy (non-hydrogen) atoms. The van der Waals surface area contributed by atoms with E-state index in [0.29, 0.717) is 18.0 Å². The van der Waals surface area contributed by atoms with Crippen LogP contribution in [0.2, 0.25) is 0 Å². The molecule has 116 valence electrons. The van der Waals surface area contributed by atoms with E-state index in [1.54, 1.807) is 35.0 Å². The lowest BCUT2D eigenvalue weighted by atomic mass is 9.95. The third-order valence-corrected chi connectivity index (χ3v) is 6.23. The van der Waals surface area contributed by atoms with E-state index in [-0.39, 0.29) is 5.92 Å². The molecule has 5 nitrogen and oxygen atoms in total. The van der Waals surface area contributed by atoms with Crippen LogP contribution in [0.3, 0.4) is 0 Å². The molecular formula is C16H19N3O2S. The summed E-state index contributed by atoms with van der Waals surface area (Å²) >= 11 is 0. The third kappa shape index (κ3) is 2.89. The van der Waals surface area contributed by atoms with Crippen LogP contribution in [-0.4, -0.2) is 35.8 Å². The Morgan fingerprint density at radius 2 is 1.86 bits per heavy atom. The Kier molecular flexibility index (Phi) is 4.22. The van der Waals surface area contributed by atoms with Crippen LogP contribution in [0.4, 0.5) is 0 Å². The van der Waals surface area contributed by atoms with Crippen molar-refractivity contribution in [2.45, 2.75) is 30.6 Å². The molecule has 1 aliphatic heterocycles. The number of aryl methyl sites for hydroxylation is 1. The maximum absolute atomic E-state index is 12.7. The van der Waals surface area contributed by atoms with E-state index < -0.39 is 10.0 Å². The molecule has 0 unspecified atom stereocenters. The molecular weight excluding hydrogens is 298 g/mol. The minimum Gasteiger partial charge on any atom is -0.261 e. The maximum Gasteiger partial charge on any atom is 0.243 e. The topological polar surface area (TPSA) is 63.2 Å². The molecule has 1 aromatic carbocycles. The first-order valence-corrected chi connectivity index (χ1v) is 8.85. The Balaban J connectivity index is 1.75. The van der Waals surface area contributed by atoms with Gasteiger partial charge in [-0.15, -0.1) is 0 Å². The summed E-state index contributed by atoms with van der Waals surface area (Å²) in [7, 11) is -3.40. The second-order valence-electron chi connectivity index (χ2n) is 5.57. The van der Waals surface area contributed by atoms with Crippen molar-refractivity contribution >= 4 is 10.0 Å². The Hall–Kier alpha value is -1.79. The Labute approximate surface area is 131 Å². The zero-order valence-electron chi connectivity index (χ0n) is 12.5. The lowest BCUT2D eigenvalue weighted by Crippen LogP contribution is -2.38. The predicted molar refractivity (Wildman–Crippen MR) is 83.9 cm³/mol. The fourth-order valence-electron chi connectivity index (χ4n) is 2.90. The van der Waals surface area contributed by atoms with Crippen molar-refractivity contribution in [1.82, 2.24) is 14.3 Å². The predicted octanol–water partition coefficient (Wildman–Crippen LogP) is 2.35. The normalized spacial score (nSPS) is 17.5. The number of sulfonamides is 1. The van der Waals surface area contributed by atoms with Gasteiger partial charge in [-0.2, -0.15) is 4.31 Å². The maximum atomic E-state index is 12.7. The summed E-state index contributed by atoms with van der Waals surface area (Å²) < 4.78 is 27.1. The molecule has 2 heterocycles. The molecule has 1 aromatic heterocycles. The van der Waals surface area contributed by atoms with Crippen molar-refractivity contribution in [2.24, 2.45) is 0 Å². The number of nitrogens with zero attached hydrogens (tertiary/aromatic N) is 3. The van der Waals surface area contributed by atoms with E-state index in [1.165, 1.54) is 0 Å². The Morgan fingerprint density at radius 3 is 2.50 bits per heavy atom. The third-order valence-electron chi connectivity index (χ3n) is 4.17. The summed E-state index contributed by atoms with van der Waals surface area (Å²) in [6.07, 6.45) is 6.68. The zero-order chi connectivity index (χ0) is 15.6. The quantitative estimate of drug-likeness (QED) is 0.872. The van der Waals surface area contributed by atoms with Gasteiger partial charge < -0.3 is 0 Å². The second kappa shape index (κ2) is 6.14. The lowest BCUT2D eigenvalue weighted by molar-refractivity contribution is 0.316. The highest BCUT2D eigenvalue weighted by Crippen LogP contribution is 2.30. The molecule has 0 bridgehead atoms. The molecule has 6 heteroatoms.